The molecule has 20 heavy (non-hydrogen) atoms. The second kappa shape index (κ2) is 4.78. The molecule has 1 heterocycles. The zero-order valence-corrected chi connectivity index (χ0v) is 10.2. The first-order valence-electron chi connectivity index (χ1n) is 5.43. The van der Waals surface area contributed by atoms with Gasteiger partial charge in [-0.2, -0.15) is 30.7 Å². The molecule has 1 aliphatic heterocycles. The van der Waals surface area contributed by atoms with Crippen LogP contribution in [0.15, 0.2) is 29.4 Å². The number of hydrogen-bond acceptors (Lipinski definition) is 2. The highest BCUT2D eigenvalue weighted by Gasteiger charge is 2.74. The molecule has 0 fully saturated rings. The minimum Gasteiger partial charge on any atom is -0.356 e. The van der Waals surface area contributed by atoms with Gasteiger partial charge in [0.15, 0.2) is 0 Å². The summed E-state index contributed by atoms with van der Waals surface area (Å²) in [5, 5.41) is 1.90. The van der Waals surface area contributed by atoms with Crippen molar-refractivity contribution in [3.8, 4) is 0 Å². The van der Waals surface area contributed by atoms with Crippen molar-refractivity contribution in [2.45, 2.75) is 37.0 Å². The fraction of sp³-hybridized carbons (Fsp3) is 0.545. The fourth-order valence-corrected chi connectivity index (χ4v) is 1.51. The largest absolute Gasteiger partial charge is 0.460 e. The second-order valence-corrected chi connectivity index (χ2v) is 4.11. The van der Waals surface area contributed by atoms with Gasteiger partial charge in [-0.3, -0.25) is 4.99 Å². The fourth-order valence-electron chi connectivity index (χ4n) is 1.51. The number of hydrogen-bond donors (Lipinski definition) is 1. The Labute approximate surface area is 110 Å². The summed E-state index contributed by atoms with van der Waals surface area (Å²) in [6.07, 6.45) is -4.15. The number of aliphatic imine (C=N–C) groups is 1. The van der Waals surface area contributed by atoms with Crippen molar-refractivity contribution in [1.29, 1.82) is 0 Å². The lowest BCUT2D eigenvalue weighted by Gasteiger charge is -2.36. The molecule has 1 rings (SSSR count). The summed E-state index contributed by atoms with van der Waals surface area (Å²) >= 11 is 0. The van der Waals surface area contributed by atoms with Crippen molar-refractivity contribution >= 4 is 6.21 Å². The lowest BCUT2D eigenvalue weighted by atomic mass is 10.0. The van der Waals surface area contributed by atoms with Crippen LogP contribution in [0.4, 0.5) is 30.7 Å². The van der Waals surface area contributed by atoms with E-state index in [9.17, 15) is 30.7 Å². The van der Waals surface area contributed by atoms with E-state index in [0.29, 0.717) is 6.08 Å². The van der Waals surface area contributed by atoms with Gasteiger partial charge in [0.05, 0.1) is 5.70 Å². The second-order valence-electron chi connectivity index (χ2n) is 4.11. The molecule has 0 saturated heterocycles. The quantitative estimate of drug-likeness (QED) is 0.622. The van der Waals surface area contributed by atoms with Crippen LogP contribution in [-0.4, -0.2) is 29.9 Å². The van der Waals surface area contributed by atoms with Gasteiger partial charge >= 0.3 is 18.0 Å². The summed E-state index contributed by atoms with van der Waals surface area (Å²) in [6.45, 7) is 4.78. The molecule has 1 atom stereocenters. The summed E-state index contributed by atoms with van der Waals surface area (Å²) in [5.41, 5.74) is -3.09. The summed E-state index contributed by atoms with van der Waals surface area (Å²) in [5.74, 6) is -11.6. The van der Waals surface area contributed by atoms with Crippen LogP contribution in [0.3, 0.4) is 0 Å². The number of halogens is 7. The van der Waals surface area contributed by atoms with Gasteiger partial charge in [0.2, 0.25) is 0 Å². The van der Waals surface area contributed by atoms with E-state index in [1.54, 1.807) is 0 Å². The number of nitrogens with zero attached hydrogens (tertiary/aromatic N) is 1. The normalized spacial score (nSPS) is 24.1. The Morgan fingerprint density at radius 3 is 2.20 bits per heavy atom. The molecule has 1 unspecified atom stereocenters. The maximum absolute atomic E-state index is 13.5. The lowest BCUT2D eigenvalue weighted by molar-refractivity contribution is -0.345. The van der Waals surface area contributed by atoms with Gasteiger partial charge in [-0.15, -0.1) is 0 Å². The van der Waals surface area contributed by atoms with Gasteiger partial charge in [-0.05, 0) is 18.6 Å². The highest BCUT2D eigenvalue weighted by Crippen LogP contribution is 2.49. The van der Waals surface area contributed by atoms with Crippen LogP contribution in [-0.2, 0) is 0 Å². The number of rotatable bonds is 4. The Kier molecular flexibility index (Phi) is 3.95. The minimum atomic E-state index is -6.38. The molecule has 1 N–H and O–H groups in total. The monoisotopic (exact) mass is 304 g/mol. The number of alkyl halides is 7. The summed E-state index contributed by atoms with van der Waals surface area (Å²) < 4.78 is 89.2. The van der Waals surface area contributed by atoms with Gasteiger partial charge in [-0.1, -0.05) is 13.5 Å². The summed E-state index contributed by atoms with van der Waals surface area (Å²) in [6, 6.07) is 0. The Bertz CT molecular complexity index is 450. The first-order valence-corrected chi connectivity index (χ1v) is 5.43. The van der Waals surface area contributed by atoms with Crippen LogP contribution in [0.5, 0.6) is 0 Å². The predicted molar refractivity (Wildman–Crippen MR) is 58.9 cm³/mol. The van der Waals surface area contributed by atoms with Gasteiger partial charge in [-0.25, -0.2) is 0 Å². The Hall–Kier alpha value is -1.54. The smallest absolute Gasteiger partial charge is 0.356 e. The average molecular weight is 304 g/mol. The molecule has 0 aromatic rings. The molecule has 114 valence electrons. The predicted octanol–water partition coefficient (Wildman–Crippen LogP) is 3.67. The standard InChI is InChI=1S/C11H11F7N2/c1-3-8(4-2)19-6-5-7(20-8)9(12,13)10(14,15)11(16,17)18/h3,5-6,20H,1,4H2,2H3. The van der Waals surface area contributed by atoms with Crippen LogP contribution >= 0.6 is 0 Å². The van der Waals surface area contributed by atoms with Gasteiger partial charge < -0.3 is 5.32 Å². The van der Waals surface area contributed by atoms with E-state index in [1.165, 1.54) is 6.92 Å². The van der Waals surface area contributed by atoms with Crippen molar-refractivity contribution in [3.63, 3.8) is 0 Å². The highest BCUT2D eigenvalue weighted by atomic mass is 19.4. The van der Waals surface area contributed by atoms with Gasteiger partial charge in [0.1, 0.15) is 5.66 Å². The summed E-state index contributed by atoms with van der Waals surface area (Å²) in [4.78, 5) is 3.72. The number of allylic oxidation sites excluding steroid dienone is 2. The van der Waals surface area contributed by atoms with Crippen LogP contribution in [0.1, 0.15) is 13.3 Å². The average Bonchev–Trinajstić information content (AvgIpc) is 2.37. The van der Waals surface area contributed by atoms with E-state index in [-0.39, 0.29) is 6.42 Å². The zero-order valence-electron chi connectivity index (χ0n) is 10.2. The third-order valence-electron chi connectivity index (χ3n) is 2.86. The Balaban J connectivity index is 3.21. The third-order valence-corrected chi connectivity index (χ3v) is 2.86. The molecule has 2 nitrogen and oxygen atoms in total. The SMILES string of the molecule is C=CC1(CC)N=CC=C(C(F)(F)C(F)(F)C(F)(F)F)N1. The van der Waals surface area contributed by atoms with Crippen LogP contribution in [0.2, 0.25) is 0 Å². The van der Waals surface area contributed by atoms with Crippen LogP contribution < -0.4 is 5.32 Å². The Morgan fingerprint density at radius 1 is 1.25 bits per heavy atom. The van der Waals surface area contributed by atoms with E-state index in [2.05, 4.69) is 11.6 Å². The van der Waals surface area contributed by atoms with Crippen molar-refractivity contribution in [2.75, 3.05) is 0 Å². The first kappa shape index (κ1) is 16.5. The molecule has 0 bridgehead atoms. The van der Waals surface area contributed by atoms with Crippen LogP contribution in [0, 0.1) is 0 Å². The topological polar surface area (TPSA) is 24.4 Å². The van der Waals surface area contributed by atoms with E-state index < -0.39 is 29.4 Å². The minimum absolute atomic E-state index is 0.0397. The highest BCUT2D eigenvalue weighted by molar-refractivity contribution is 5.74. The molecule has 0 amide bonds. The first-order chi connectivity index (χ1) is 8.93. The van der Waals surface area contributed by atoms with E-state index in [1.807, 2.05) is 5.32 Å². The molecule has 0 saturated carbocycles. The maximum atomic E-state index is 13.5. The zero-order chi connectivity index (χ0) is 15.8. The molecule has 0 aromatic carbocycles. The molecule has 0 radical (unpaired) electrons. The molecule has 0 spiro atoms. The third kappa shape index (κ3) is 2.40. The van der Waals surface area contributed by atoms with Crippen molar-refractivity contribution in [3.05, 3.63) is 24.4 Å². The Morgan fingerprint density at radius 2 is 1.80 bits per heavy atom. The van der Waals surface area contributed by atoms with Crippen molar-refractivity contribution in [1.82, 2.24) is 5.32 Å². The van der Waals surface area contributed by atoms with Gasteiger partial charge in [0, 0.05) is 6.21 Å². The molecule has 0 aromatic heterocycles. The number of nitrogens with one attached hydrogen (secondary N) is 1. The van der Waals surface area contributed by atoms with Crippen LogP contribution in [0.25, 0.3) is 0 Å². The molecular weight excluding hydrogens is 293 g/mol. The van der Waals surface area contributed by atoms with E-state index >= 15 is 0 Å². The lowest BCUT2D eigenvalue weighted by Crippen LogP contribution is -2.58. The summed E-state index contributed by atoms with van der Waals surface area (Å²) in [7, 11) is 0. The van der Waals surface area contributed by atoms with Crippen molar-refractivity contribution < 1.29 is 30.7 Å². The molecular formula is C11H11F7N2. The van der Waals surface area contributed by atoms with E-state index in [0.717, 1.165) is 12.3 Å². The molecule has 9 heteroatoms. The van der Waals surface area contributed by atoms with E-state index in [4.69, 9.17) is 0 Å². The maximum Gasteiger partial charge on any atom is 0.460 e. The molecule has 1 aliphatic rings. The van der Waals surface area contributed by atoms with Crippen molar-refractivity contribution in [2.24, 2.45) is 4.99 Å². The van der Waals surface area contributed by atoms with Gasteiger partial charge in [0.25, 0.3) is 0 Å². The molecule has 0 aliphatic carbocycles.